The van der Waals surface area contributed by atoms with Gasteiger partial charge in [-0.25, -0.2) is 0 Å². The lowest BCUT2D eigenvalue weighted by molar-refractivity contribution is -0.129. The number of fused-ring (bicyclic) bond motifs is 1. The molecule has 1 N–H and O–H groups in total. The number of aliphatic hydroxyl groups is 1. The van der Waals surface area contributed by atoms with E-state index in [9.17, 15) is 14.7 Å². The van der Waals surface area contributed by atoms with Gasteiger partial charge >= 0.3 is 0 Å². The fraction of sp³-hybridized carbons (Fsp3) is 0.400. The van der Waals surface area contributed by atoms with Crippen LogP contribution in [0.15, 0.2) is 64.3 Å². The number of ether oxygens (including phenoxy) is 2. The highest BCUT2D eigenvalue weighted by Crippen LogP contribution is 2.40. The zero-order valence-corrected chi connectivity index (χ0v) is 22.3. The molecule has 1 amide bonds. The van der Waals surface area contributed by atoms with Gasteiger partial charge in [-0.15, -0.1) is 0 Å². The van der Waals surface area contributed by atoms with Crippen LogP contribution in [0.5, 0.6) is 5.75 Å². The first kappa shape index (κ1) is 26.0. The van der Waals surface area contributed by atoms with Gasteiger partial charge in [0.2, 0.25) is 5.78 Å². The Hall–Kier alpha value is -3.62. The molecule has 200 valence electrons. The first-order valence-corrected chi connectivity index (χ1v) is 12.9. The summed E-state index contributed by atoms with van der Waals surface area (Å²) in [6.07, 6.45) is 0. The van der Waals surface area contributed by atoms with Gasteiger partial charge in [0.05, 0.1) is 31.9 Å². The molecule has 5 rings (SSSR count). The number of rotatable bonds is 7. The van der Waals surface area contributed by atoms with Crippen molar-refractivity contribution in [2.75, 3.05) is 46.5 Å². The number of methoxy groups -OCH3 is 1. The lowest BCUT2D eigenvalue weighted by atomic mass is 9.85. The monoisotopic (exact) mass is 518 g/mol. The number of hydrogen-bond donors (Lipinski definition) is 1. The molecule has 0 radical (unpaired) electrons. The summed E-state index contributed by atoms with van der Waals surface area (Å²) in [4.78, 5) is 31.1. The standard InChI is InChI=1S/C30H34N2O6/c1-30(2,3)21-10-8-19(9-11-21)25-24(26(33)23-18-20-6-5-7-22(36-4)28(20)38-23)27(34)29(35)32(25)13-12-31-14-16-37-17-15-31/h5-11,18,25,34H,12-17H2,1-4H3/t25-/m0/s1. The van der Waals surface area contributed by atoms with E-state index >= 15 is 0 Å². The van der Waals surface area contributed by atoms with Gasteiger partial charge in [-0.2, -0.15) is 0 Å². The number of nitrogens with zero attached hydrogens (tertiary/aromatic N) is 2. The van der Waals surface area contributed by atoms with Crippen LogP contribution < -0.4 is 4.74 Å². The third-order valence-electron chi connectivity index (χ3n) is 7.35. The Kier molecular flexibility index (Phi) is 7.03. The van der Waals surface area contributed by atoms with Crippen molar-refractivity contribution in [1.29, 1.82) is 0 Å². The van der Waals surface area contributed by atoms with E-state index in [1.54, 1.807) is 17.0 Å². The Balaban J connectivity index is 1.53. The van der Waals surface area contributed by atoms with Gasteiger partial charge in [0.1, 0.15) is 0 Å². The molecule has 1 aromatic heterocycles. The molecule has 3 aromatic rings. The Labute approximate surface area is 222 Å². The molecule has 0 unspecified atom stereocenters. The number of benzene rings is 2. The molecule has 0 spiro atoms. The summed E-state index contributed by atoms with van der Waals surface area (Å²) in [7, 11) is 1.53. The van der Waals surface area contributed by atoms with Crippen LogP contribution in [-0.2, 0) is 14.9 Å². The van der Waals surface area contributed by atoms with Crippen LogP contribution in [-0.4, -0.2) is 73.1 Å². The van der Waals surface area contributed by atoms with Crippen LogP contribution in [0.3, 0.4) is 0 Å². The predicted molar refractivity (Wildman–Crippen MR) is 144 cm³/mol. The molecule has 38 heavy (non-hydrogen) atoms. The van der Waals surface area contributed by atoms with Crippen LogP contribution in [0.25, 0.3) is 11.0 Å². The second kappa shape index (κ2) is 10.3. The van der Waals surface area contributed by atoms with Gasteiger partial charge in [-0.3, -0.25) is 14.5 Å². The average Bonchev–Trinajstić information content (AvgIpc) is 3.46. The SMILES string of the molecule is COc1cccc2cc(C(=O)C3=C(O)C(=O)N(CCN4CCOCC4)[C@H]3c3ccc(C(C)(C)C)cc3)oc12. The molecule has 1 fully saturated rings. The van der Waals surface area contributed by atoms with Crippen molar-refractivity contribution in [1.82, 2.24) is 9.80 Å². The van der Waals surface area contributed by atoms with E-state index in [0.717, 1.165) is 24.2 Å². The maximum Gasteiger partial charge on any atom is 0.290 e. The largest absolute Gasteiger partial charge is 0.503 e. The summed E-state index contributed by atoms with van der Waals surface area (Å²) in [6.45, 7) is 10.2. The van der Waals surface area contributed by atoms with Crippen LogP contribution in [0.4, 0.5) is 0 Å². The van der Waals surface area contributed by atoms with Crippen molar-refractivity contribution in [3.05, 3.63) is 76.8 Å². The number of carbonyl (C=O) groups excluding carboxylic acids is 2. The smallest absolute Gasteiger partial charge is 0.290 e. The summed E-state index contributed by atoms with van der Waals surface area (Å²) < 4.78 is 16.7. The Morgan fingerprint density at radius 3 is 2.45 bits per heavy atom. The molecule has 0 aliphatic carbocycles. The van der Waals surface area contributed by atoms with Gasteiger partial charge in [0.15, 0.2) is 22.9 Å². The van der Waals surface area contributed by atoms with E-state index in [0.29, 0.717) is 43.0 Å². The minimum Gasteiger partial charge on any atom is -0.503 e. The summed E-state index contributed by atoms with van der Waals surface area (Å²) in [5.74, 6) is -1.06. The number of furan rings is 1. The van der Waals surface area contributed by atoms with Crippen LogP contribution in [0.1, 0.15) is 48.5 Å². The third-order valence-corrected chi connectivity index (χ3v) is 7.35. The van der Waals surface area contributed by atoms with Crippen molar-refractivity contribution >= 4 is 22.7 Å². The van der Waals surface area contributed by atoms with Crippen molar-refractivity contribution in [2.24, 2.45) is 0 Å². The van der Waals surface area contributed by atoms with Gasteiger partial charge in [-0.05, 0) is 28.7 Å². The predicted octanol–water partition coefficient (Wildman–Crippen LogP) is 4.65. The lowest BCUT2D eigenvalue weighted by Crippen LogP contribution is -2.43. The molecule has 8 nitrogen and oxygen atoms in total. The zero-order valence-electron chi connectivity index (χ0n) is 22.3. The number of para-hydroxylation sites is 1. The maximum absolute atomic E-state index is 13.9. The quantitative estimate of drug-likeness (QED) is 0.455. The van der Waals surface area contributed by atoms with Crippen molar-refractivity contribution in [2.45, 2.75) is 32.2 Å². The number of amides is 1. The Morgan fingerprint density at radius 2 is 1.79 bits per heavy atom. The fourth-order valence-corrected chi connectivity index (χ4v) is 5.14. The summed E-state index contributed by atoms with van der Waals surface area (Å²) in [5, 5.41) is 11.8. The van der Waals surface area contributed by atoms with Crippen molar-refractivity contribution < 1.29 is 28.6 Å². The molecule has 2 aliphatic rings. The molecule has 2 aromatic carbocycles. The molecule has 1 saturated heterocycles. The molecule has 1 atom stereocenters. The van der Waals surface area contributed by atoms with Gasteiger partial charge in [-0.1, -0.05) is 57.2 Å². The first-order valence-electron chi connectivity index (χ1n) is 12.9. The van der Waals surface area contributed by atoms with Crippen LogP contribution >= 0.6 is 0 Å². The van der Waals surface area contributed by atoms with Crippen LogP contribution in [0, 0.1) is 0 Å². The summed E-state index contributed by atoms with van der Waals surface area (Å²) in [5.41, 5.74) is 2.31. The molecular formula is C30H34N2O6. The third kappa shape index (κ3) is 4.81. The second-order valence-corrected chi connectivity index (χ2v) is 10.8. The fourth-order valence-electron chi connectivity index (χ4n) is 5.14. The van der Waals surface area contributed by atoms with Gasteiger partial charge in [0, 0.05) is 31.6 Å². The van der Waals surface area contributed by atoms with Crippen LogP contribution in [0.2, 0.25) is 0 Å². The molecule has 3 heterocycles. The number of morpholine rings is 1. The molecule has 2 aliphatic heterocycles. The second-order valence-electron chi connectivity index (χ2n) is 10.8. The number of aliphatic hydroxyl groups excluding tert-OH is 1. The number of carbonyl (C=O) groups is 2. The maximum atomic E-state index is 13.9. The van der Waals surface area contributed by atoms with Crippen molar-refractivity contribution in [3.8, 4) is 5.75 Å². The van der Waals surface area contributed by atoms with E-state index in [-0.39, 0.29) is 16.7 Å². The van der Waals surface area contributed by atoms with Gasteiger partial charge in [0.25, 0.3) is 5.91 Å². The topological polar surface area (TPSA) is 92.5 Å². The normalized spacial score (nSPS) is 19.0. The van der Waals surface area contributed by atoms with E-state index < -0.39 is 23.5 Å². The minimum absolute atomic E-state index is 0.0264. The Bertz CT molecular complexity index is 1380. The average molecular weight is 519 g/mol. The molecule has 8 heteroatoms. The molecule has 0 bridgehead atoms. The first-order chi connectivity index (χ1) is 18.2. The van der Waals surface area contributed by atoms with Crippen molar-refractivity contribution in [3.63, 3.8) is 0 Å². The van der Waals surface area contributed by atoms with E-state index in [2.05, 4.69) is 25.7 Å². The van der Waals surface area contributed by atoms with Gasteiger partial charge < -0.3 is 23.9 Å². The minimum atomic E-state index is -0.736. The highest BCUT2D eigenvalue weighted by atomic mass is 16.5. The summed E-state index contributed by atoms with van der Waals surface area (Å²) >= 11 is 0. The zero-order chi connectivity index (χ0) is 27.0. The number of Topliss-reactive ketones (excluding diaryl/α,β-unsaturated/α-hetero) is 1. The highest BCUT2D eigenvalue weighted by molar-refractivity contribution is 6.16. The van der Waals surface area contributed by atoms with E-state index in [4.69, 9.17) is 13.9 Å². The Morgan fingerprint density at radius 1 is 1.08 bits per heavy atom. The molecule has 0 saturated carbocycles. The molecular weight excluding hydrogens is 484 g/mol. The van der Waals surface area contributed by atoms with E-state index in [1.807, 2.05) is 36.4 Å². The number of hydrogen-bond acceptors (Lipinski definition) is 7. The highest BCUT2D eigenvalue weighted by Gasteiger charge is 2.44. The number of ketones is 1. The lowest BCUT2D eigenvalue weighted by Gasteiger charge is -2.32. The van der Waals surface area contributed by atoms with E-state index in [1.165, 1.54) is 7.11 Å². The summed E-state index contributed by atoms with van der Waals surface area (Å²) in [6, 6.07) is 14.2.